The predicted octanol–water partition coefficient (Wildman–Crippen LogP) is 4.58. The summed E-state index contributed by atoms with van der Waals surface area (Å²) in [6, 6.07) is 5.27. The summed E-state index contributed by atoms with van der Waals surface area (Å²) in [6.07, 6.45) is 2.37. The van der Waals surface area contributed by atoms with Crippen molar-refractivity contribution in [2.75, 3.05) is 27.2 Å². The SMILES string of the molecule is CN(C)C(=O)c1ccc(-c2nnc(C3=CCN(C(=O)OC(C)(C)C)CC3)s2)cc1Cl. The molecule has 0 fully saturated rings. The number of benzene rings is 1. The molecule has 2 heterocycles. The number of carbonyl (C=O) groups is 2. The normalized spacial score (nSPS) is 14.3. The standard InChI is InChI=1S/C21H25ClN4O3S/c1-21(2,3)29-20(28)26-10-8-13(9-11-26)17-23-24-18(30-17)14-6-7-15(16(22)12-14)19(27)25(4)5/h6-8,12H,9-11H2,1-5H3. The van der Waals surface area contributed by atoms with E-state index in [-0.39, 0.29) is 12.0 Å². The van der Waals surface area contributed by atoms with Gasteiger partial charge in [0.2, 0.25) is 0 Å². The van der Waals surface area contributed by atoms with Gasteiger partial charge >= 0.3 is 6.09 Å². The van der Waals surface area contributed by atoms with Crippen LogP contribution in [0.5, 0.6) is 0 Å². The minimum absolute atomic E-state index is 0.147. The Morgan fingerprint density at radius 2 is 1.90 bits per heavy atom. The van der Waals surface area contributed by atoms with Crippen LogP contribution in [0.3, 0.4) is 0 Å². The Morgan fingerprint density at radius 1 is 1.20 bits per heavy atom. The molecule has 0 bridgehead atoms. The molecule has 0 saturated carbocycles. The molecule has 0 spiro atoms. The van der Waals surface area contributed by atoms with Gasteiger partial charge in [-0.25, -0.2) is 4.79 Å². The lowest BCUT2D eigenvalue weighted by Crippen LogP contribution is -2.39. The van der Waals surface area contributed by atoms with Crippen molar-refractivity contribution in [1.82, 2.24) is 20.0 Å². The highest BCUT2D eigenvalue weighted by Gasteiger charge is 2.25. The van der Waals surface area contributed by atoms with Gasteiger partial charge in [-0.3, -0.25) is 4.79 Å². The van der Waals surface area contributed by atoms with E-state index >= 15 is 0 Å². The summed E-state index contributed by atoms with van der Waals surface area (Å²) in [6.45, 7) is 6.62. The van der Waals surface area contributed by atoms with E-state index in [0.717, 1.165) is 21.2 Å². The van der Waals surface area contributed by atoms with E-state index in [1.165, 1.54) is 16.2 Å². The molecule has 1 aliphatic rings. The maximum absolute atomic E-state index is 12.2. The van der Waals surface area contributed by atoms with Crippen LogP contribution >= 0.6 is 22.9 Å². The number of nitrogens with zero attached hydrogens (tertiary/aromatic N) is 4. The summed E-state index contributed by atoms with van der Waals surface area (Å²) in [5.41, 5.74) is 1.81. The molecular weight excluding hydrogens is 424 g/mol. The van der Waals surface area contributed by atoms with E-state index < -0.39 is 5.60 Å². The minimum Gasteiger partial charge on any atom is -0.444 e. The molecule has 0 saturated heterocycles. The number of carbonyl (C=O) groups excluding carboxylic acids is 2. The third kappa shape index (κ3) is 5.17. The van der Waals surface area contributed by atoms with Crippen LogP contribution in [-0.4, -0.2) is 64.8 Å². The molecule has 1 aliphatic heterocycles. The van der Waals surface area contributed by atoms with Gasteiger partial charge in [-0.2, -0.15) is 0 Å². The first-order valence-electron chi connectivity index (χ1n) is 9.57. The Labute approximate surface area is 185 Å². The van der Waals surface area contributed by atoms with Gasteiger partial charge in [0.15, 0.2) is 0 Å². The average Bonchev–Trinajstić information content (AvgIpc) is 3.16. The molecule has 0 atom stereocenters. The lowest BCUT2D eigenvalue weighted by molar-refractivity contribution is 0.0270. The Morgan fingerprint density at radius 3 is 2.47 bits per heavy atom. The number of halogens is 1. The zero-order valence-corrected chi connectivity index (χ0v) is 19.3. The molecule has 2 amide bonds. The van der Waals surface area contributed by atoms with E-state index in [9.17, 15) is 9.59 Å². The molecule has 7 nitrogen and oxygen atoms in total. The van der Waals surface area contributed by atoms with Crippen LogP contribution in [-0.2, 0) is 4.74 Å². The van der Waals surface area contributed by atoms with Crippen molar-refractivity contribution in [2.24, 2.45) is 0 Å². The molecule has 9 heteroatoms. The van der Waals surface area contributed by atoms with Crippen LogP contribution in [0.25, 0.3) is 16.1 Å². The van der Waals surface area contributed by atoms with Crippen LogP contribution in [0.1, 0.15) is 42.6 Å². The van der Waals surface area contributed by atoms with E-state index in [0.29, 0.717) is 30.1 Å². The van der Waals surface area contributed by atoms with Gasteiger partial charge in [0.05, 0.1) is 10.6 Å². The minimum atomic E-state index is -0.511. The summed E-state index contributed by atoms with van der Waals surface area (Å²) < 4.78 is 5.43. The van der Waals surface area contributed by atoms with Crippen molar-refractivity contribution in [3.63, 3.8) is 0 Å². The van der Waals surface area contributed by atoms with E-state index in [2.05, 4.69) is 10.2 Å². The van der Waals surface area contributed by atoms with Crippen molar-refractivity contribution in [1.29, 1.82) is 0 Å². The van der Waals surface area contributed by atoms with Gasteiger partial charge in [0.1, 0.15) is 15.6 Å². The van der Waals surface area contributed by atoms with Crippen molar-refractivity contribution >= 4 is 40.5 Å². The van der Waals surface area contributed by atoms with Gasteiger partial charge in [-0.15, -0.1) is 10.2 Å². The number of rotatable bonds is 3. The average molecular weight is 449 g/mol. The fraction of sp³-hybridized carbons (Fsp3) is 0.429. The van der Waals surface area contributed by atoms with Crippen molar-refractivity contribution in [3.8, 4) is 10.6 Å². The second kappa shape index (κ2) is 8.73. The molecule has 1 aromatic heterocycles. The Kier molecular flexibility index (Phi) is 6.47. The van der Waals surface area contributed by atoms with Crippen LogP contribution in [0.2, 0.25) is 5.02 Å². The molecule has 160 valence electrons. The Balaban J connectivity index is 1.72. The first-order valence-corrected chi connectivity index (χ1v) is 10.8. The fourth-order valence-corrected chi connectivity index (χ4v) is 4.06. The van der Waals surface area contributed by atoms with E-state index in [1.54, 1.807) is 31.1 Å². The highest BCUT2D eigenvalue weighted by molar-refractivity contribution is 7.15. The van der Waals surface area contributed by atoms with Crippen LogP contribution in [0, 0.1) is 0 Å². The summed E-state index contributed by atoms with van der Waals surface area (Å²) in [7, 11) is 3.37. The molecule has 2 aromatic rings. The molecule has 0 aliphatic carbocycles. The lowest BCUT2D eigenvalue weighted by Gasteiger charge is -2.29. The zero-order valence-electron chi connectivity index (χ0n) is 17.7. The van der Waals surface area contributed by atoms with Gasteiger partial charge in [-0.1, -0.05) is 35.1 Å². The van der Waals surface area contributed by atoms with Crippen LogP contribution in [0.4, 0.5) is 4.79 Å². The Bertz CT molecular complexity index is 994. The second-order valence-corrected chi connectivity index (χ2v) is 9.60. The smallest absolute Gasteiger partial charge is 0.410 e. The van der Waals surface area contributed by atoms with Gasteiger partial charge in [0, 0.05) is 32.7 Å². The highest BCUT2D eigenvalue weighted by atomic mass is 35.5. The number of hydrogen-bond acceptors (Lipinski definition) is 6. The number of hydrogen-bond donors (Lipinski definition) is 0. The summed E-state index contributed by atoms with van der Waals surface area (Å²) in [5.74, 6) is -0.147. The molecular formula is C21H25ClN4O3S. The molecule has 1 aromatic carbocycles. The maximum atomic E-state index is 12.2. The van der Waals surface area contributed by atoms with E-state index in [4.69, 9.17) is 16.3 Å². The van der Waals surface area contributed by atoms with E-state index in [1.807, 2.05) is 32.9 Å². The lowest BCUT2D eigenvalue weighted by atomic mass is 10.1. The summed E-state index contributed by atoms with van der Waals surface area (Å²) in [5, 5.41) is 10.5. The fourth-order valence-electron chi connectivity index (χ4n) is 2.89. The molecule has 0 radical (unpaired) electrons. The largest absolute Gasteiger partial charge is 0.444 e. The molecule has 30 heavy (non-hydrogen) atoms. The third-order valence-electron chi connectivity index (χ3n) is 4.41. The van der Waals surface area contributed by atoms with Crippen LogP contribution in [0.15, 0.2) is 24.3 Å². The quantitative estimate of drug-likeness (QED) is 0.686. The molecule has 3 rings (SSSR count). The van der Waals surface area contributed by atoms with Crippen molar-refractivity contribution in [2.45, 2.75) is 32.8 Å². The van der Waals surface area contributed by atoms with Crippen molar-refractivity contribution in [3.05, 3.63) is 39.9 Å². The van der Waals surface area contributed by atoms with Gasteiger partial charge < -0.3 is 14.5 Å². The first kappa shape index (κ1) is 22.2. The number of amides is 2. The maximum Gasteiger partial charge on any atom is 0.410 e. The highest BCUT2D eigenvalue weighted by Crippen LogP contribution is 2.32. The number of ether oxygens (including phenoxy) is 1. The van der Waals surface area contributed by atoms with Gasteiger partial charge in [0.25, 0.3) is 5.91 Å². The van der Waals surface area contributed by atoms with Crippen LogP contribution < -0.4 is 0 Å². The topological polar surface area (TPSA) is 75.6 Å². The predicted molar refractivity (Wildman–Crippen MR) is 119 cm³/mol. The second-order valence-electron chi connectivity index (χ2n) is 8.21. The summed E-state index contributed by atoms with van der Waals surface area (Å²) in [4.78, 5) is 27.5. The first-order chi connectivity index (χ1) is 14.0. The Hall–Kier alpha value is -2.45. The summed E-state index contributed by atoms with van der Waals surface area (Å²) >= 11 is 7.78. The monoisotopic (exact) mass is 448 g/mol. The number of aromatic nitrogens is 2. The molecule has 0 unspecified atom stereocenters. The zero-order chi connectivity index (χ0) is 22.1. The van der Waals surface area contributed by atoms with Gasteiger partial charge in [-0.05, 0) is 44.9 Å². The van der Waals surface area contributed by atoms with Crippen molar-refractivity contribution < 1.29 is 14.3 Å². The molecule has 0 N–H and O–H groups in total. The third-order valence-corrected chi connectivity index (χ3v) is 5.77.